The molecule has 24 nitrogen and oxygen atoms in total. The number of fused-ring (bicyclic) bond motifs is 3. The van der Waals surface area contributed by atoms with Gasteiger partial charge in [0.2, 0.25) is 17.7 Å². The first-order valence-electron chi connectivity index (χ1n) is 33.5. The van der Waals surface area contributed by atoms with Crippen LogP contribution >= 0.6 is 81.0 Å². The first-order valence-corrected chi connectivity index (χ1v) is 38.4. The largest absolute Gasteiger partial charge is 0.466 e. The summed E-state index contributed by atoms with van der Waals surface area (Å²) >= 11 is 23.7. The summed E-state index contributed by atoms with van der Waals surface area (Å²) in [5, 5.41) is 18.0. The predicted octanol–water partition coefficient (Wildman–Crippen LogP) is 9.67. The highest BCUT2D eigenvalue weighted by atomic mass is 35.5. The summed E-state index contributed by atoms with van der Waals surface area (Å²) < 4.78 is 66.9. The van der Waals surface area contributed by atoms with Crippen molar-refractivity contribution in [3.63, 3.8) is 0 Å². The molecule has 0 bridgehead atoms. The maximum atomic E-state index is 13.8. The van der Waals surface area contributed by atoms with Crippen molar-refractivity contribution in [2.24, 2.45) is 15.0 Å². The van der Waals surface area contributed by atoms with Crippen LogP contribution in [0.25, 0.3) is 0 Å². The standard InChI is InChI=1S/3C23H23ClFN5O3S.CH3FS.FH/c3*1-33-23(32)19-17(12-29-7-8-30-14(11-29)3-5-18(30)31)27-21(22-26-6-9-34-22)28-20(19)15-4-2-13(25)10-16(15)24;1-3-2;/h3*2,4,6,9-10,14,20H,3,5,7-8,11-12H2,1H3,(H,27,28);1H3;1H/t14?,20-;14-,20+;14-,20-;;/m010../s1. The molecule has 0 saturated carbocycles. The van der Waals surface area contributed by atoms with Crippen LogP contribution in [0, 0.1) is 17.5 Å². The van der Waals surface area contributed by atoms with Crippen molar-refractivity contribution in [1.82, 2.24) is 60.3 Å². The third-order valence-electron chi connectivity index (χ3n) is 19.2. The van der Waals surface area contributed by atoms with Gasteiger partial charge in [0.1, 0.15) is 35.6 Å². The molecule has 3 N–H and O–H groups in total. The van der Waals surface area contributed by atoms with Gasteiger partial charge >= 0.3 is 17.9 Å². The van der Waals surface area contributed by atoms with E-state index in [-0.39, 0.29) is 67.8 Å². The number of esters is 3. The number of halogens is 8. The van der Waals surface area contributed by atoms with Crippen LogP contribution in [-0.2, 0) is 43.0 Å². The van der Waals surface area contributed by atoms with Gasteiger partial charge in [0, 0.05) is 218 Å². The van der Waals surface area contributed by atoms with E-state index in [4.69, 9.17) is 64.0 Å². The summed E-state index contributed by atoms with van der Waals surface area (Å²) in [6.45, 7) is 7.49. The topological polar surface area (TPSA) is 261 Å². The molecule has 9 aliphatic heterocycles. The number of rotatable bonds is 15. The maximum Gasteiger partial charge on any atom is 0.338 e. The number of aromatic nitrogens is 3. The van der Waals surface area contributed by atoms with Gasteiger partial charge in [-0.05, 0) is 55.7 Å². The number of aliphatic imine (C=N–C) groups is 3. The normalized spacial score (nSPS) is 22.3. The quantitative estimate of drug-likeness (QED) is 0.0491. The third-order valence-corrected chi connectivity index (χ3v) is 22.5. The van der Waals surface area contributed by atoms with E-state index >= 15 is 0 Å². The van der Waals surface area contributed by atoms with E-state index in [0.717, 1.165) is 38.9 Å². The predicted molar refractivity (Wildman–Crippen MR) is 396 cm³/mol. The van der Waals surface area contributed by atoms with Gasteiger partial charge in [-0.1, -0.05) is 53.0 Å². The van der Waals surface area contributed by atoms with Gasteiger partial charge in [0.25, 0.3) is 0 Å². The zero-order chi connectivity index (χ0) is 74.2. The van der Waals surface area contributed by atoms with Gasteiger partial charge in [-0.3, -0.25) is 48.8 Å². The van der Waals surface area contributed by atoms with Crippen LogP contribution < -0.4 is 16.0 Å². The summed E-state index contributed by atoms with van der Waals surface area (Å²) in [7, 11) is 3.96. The van der Waals surface area contributed by atoms with Gasteiger partial charge in [-0.15, -0.1) is 34.0 Å². The fourth-order valence-corrected chi connectivity index (χ4v) is 16.9. The Morgan fingerprint density at radius 2 is 0.764 bits per heavy atom. The summed E-state index contributed by atoms with van der Waals surface area (Å²) in [4.78, 5) is 115. The second-order valence-electron chi connectivity index (χ2n) is 25.4. The summed E-state index contributed by atoms with van der Waals surface area (Å²) in [5.74, 6) is -0.872. The summed E-state index contributed by atoms with van der Waals surface area (Å²) in [5.41, 5.74) is 4.37. The lowest BCUT2D eigenvalue weighted by atomic mass is 9.95. The van der Waals surface area contributed by atoms with Crippen LogP contribution in [0.1, 0.15) is 88.4 Å². The molecule has 36 heteroatoms. The minimum absolute atomic E-state index is 0. The second-order valence-corrected chi connectivity index (χ2v) is 29.6. The fourth-order valence-electron chi connectivity index (χ4n) is 14.3. The number of hydrogen-bond acceptors (Lipinski definition) is 25. The monoisotopic (exact) mass is 1600 g/mol. The molecule has 6 atom stereocenters. The Hall–Kier alpha value is -8.25. The molecule has 562 valence electrons. The molecule has 0 aliphatic carbocycles. The van der Waals surface area contributed by atoms with Crippen molar-refractivity contribution in [3.05, 3.63) is 187 Å². The number of benzene rings is 3. The van der Waals surface area contributed by atoms with Gasteiger partial charge in [0.15, 0.2) is 32.5 Å². The lowest BCUT2D eigenvalue weighted by Crippen LogP contribution is -2.53. The number of nitrogens with zero attached hydrogens (tertiary/aromatic N) is 12. The molecule has 12 heterocycles. The molecule has 9 aliphatic rings. The molecular weight excluding hydrogens is 1520 g/mol. The average Bonchev–Trinajstić information content (AvgIpc) is 1.69. The Morgan fingerprint density at radius 1 is 0.491 bits per heavy atom. The number of piperazine rings is 3. The van der Waals surface area contributed by atoms with Crippen LogP contribution in [0.5, 0.6) is 0 Å². The number of methoxy groups -OCH3 is 3. The van der Waals surface area contributed by atoms with E-state index < -0.39 is 53.5 Å². The molecule has 3 aromatic heterocycles. The molecule has 1 unspecified atom stereocenters. The molecular formula is C70H73Cl3F5N15O9S4. The Kier molecular flexibility index (Phi) is 26.5. The molecule has 0 radical (unpaired) electrons. The van der Waals surface area contributed by atoms with E-state index in [9.17, 15) is 45.8 Å². The third kappa shape index (κ3) is 17.8. The Morgan fingerprint density at radius 3 is 1.00 bits per heavy atom. The van der Waals surface area contributed by atoms with Crippen molar-refractivity contribution in [2.75, 3.05) is 106 Å². The van der Waals surface area contributed by atoms with Crippen molar-refractivity contribution in [2.45, 2.75) is 74.8 Å². The highest BCUT2D eigenvalue weighted by molar-refractivity contribution is 7.93. The van der Waals surface area contributed by atoms with E-state index in [1.54, 1.807) is 36.8 Å². The number of amidine groups is 3. The minimum Gasteiger partial charge on any atom is -0.466 e. The molecule has 6 saturated heterocycles. The van der Waals surface area contributed by atoms with E-state index in [2.05, 4.69) is 45.6 Å². The van der Waals surface area contributed by atoms with Crippen LogP contribution in [0.2, 0.25) is 15.1 Å². The smallest absolute Gasteiger partial charge is 0.338 e. The molecule has 3 amide bonds. The van der Waals surface area contributed by atoms with Gasteiger partial charge in [-0.2, -0.15) is 3.89 Å². The lowest BCUT2D eigenvalue weighted by Gasteiger charge is -2.39. The van der Waals surface area contributed by atoms with Gasteiger partial charge in [0.05, 0.1) is 38.0 Å². The van der Waals surface area contributed by atoms with Crippen molar-refractivity contribution < 1.29 is 64.7 Å². The lowest BCUT2D eigenvalue weighted by molar-refractivity contribution is -0.137. The molecule has 0 spiro atoms. The maximum absolute atomic E-state index is 13.8. The Balaban J connectivity index is 0.000000155. The zero-order valence-electron chi connectivity index (χ0n) is 57.6. The highest BCUT2D eigenvalue weighted by Crippen LogP contribution is 2.41. The number of carbonyl (C=O) groups is 6. The second kappa shape index (κ2) is 35.6. The first-order chi connectivity index (χ1) is 50.7. The number of thiazole rings is 3. The van der Waals surface area contributed by atoms with Crippen molar-refractivity contribution >= 4 is 134 Å². The highest BCUT2D eigenvalue weighted by Gasteiger charge is 2.43. The fraction of sp³-hybridized carbons (Fsp3) is 0.400. The van der Waals surface area contributed by atoms with E-state index in [1.807, 2.05) is 30.8 Å². The van der Waals surface area contributed by atoms with Crippen LogP contribution in [0.15, 0.2) is 138 Å². The first kappa shape index (κ1) is 78.8. The van der Waals surface area contributed by atoms with Crippen molar-refractivity contribution in [3.8, 4) is 0 Å². The summed E-state index contributed by atoms with van der Waals surface area (Å²) in [6.07, 6.45) is 10.7. The number of amides is 3. The van der Waals surface area contributed by atoms with E-state index in [0.29, 0.717) is 161 Å². The number of hydrogen-bond donors (Lipinski definition) is 3. The Bertz CT molecular complexity index is 4030. The van der Waals surface area contributed by atoms with Crippen LogP contribution in [-0.4, -0.2) is 222 Å². The summed E-state index contributed by atoms with van der Waals surface area (Å²) in [6, 6.07) is 10.3. The van der Waals surface area contributed by atoms with Crippen LogP contribution in [0.4, 0.5) is 21.8 Å². The Labute approximate surface area is 638 Å². The molecule has 106 heavy (non-hydrogen) atoms. The van der Waals surface area contributed by atoms with E-state index in [1.165, 1.54) is 98.0 Å². The average molecular weight is 1600 g/mol. The minimum atomic E-state index is -0.787. The number of ether oxygens (including phenoxy) is 3. The van der Waals surface area contributed by atoms with Crippen molar-refractivity contribution in [1.29, 1.82) is 0 Å². The molecule has 15 rings (SSSR count). The number of carbonyl (C=O) groups excluding carboxylic acids is 6. The SMILES string of the molecule is COC(=O)C1=C(CN2CCN3C(=O)CCC3C2)NC(c2nccs2)=N[C@H]1c1ccc(F)cc1Cl.COC(=O)C1=C(CN2CCN3C(=O)CC[C@@H]3C2)NC(c2nccs2)=N[C@H]1c1ccc(F)cc1Cl.COC(=O)C1=C(CN2CCN3C(=O)CC[C@H]3C2)NC(c2nccs2)=N[C@H]1c1ccc(F)cc1Cl.CSF.F. The molecule has 6 aromatic rings. The zero-order valence-corrected chi connectivity index (χ0v) is 63.1. The van der Waals surface area contributed by atoms with Crippen LogP contribution in [0.3, 0.4) is 0 Å². The van der Waals surface area contributed by atoms with Gasteiger partial charge in [-0.25, -0.2) is 42.5 Å². The number of nitrogens with one attached hydrogen (secondary N) is 3. The molecule has 3 aromatic carbocycles. The molecule has 6 fully saturated rings. The van der Waals surface area contributed by atoms with Gasteiger partial charge < -0.3 is 44.9 Å².